The first-order valence-corrected chi connectivity index (χ1v) is 10.3. The highest BCUT2D eigenvalue weighted by molar-refractivity contribution is 7.89. The van der Waals surface area contributed by atoms with Crippen LogP contribution in [-0.2, 0) is 14.8 Å². The van der Waals surface area contributed by atoms with E-state index in [1.807, 2.05) is 0 Å². The molecule has 2 fully saturated rings. The first-order valence-electron chi connectivity index (χ1n) is 8.91. The number of carbonyl (C=O) groups excluding carboxylic acids is 1. The lowest BCUT2D eigenvalue weighted by Gasteiger charge is -2.43. The van der Waals surface area contributed by atoms with Crippen LogP contribution in [0.5, 0.6) is 5.75 Å². The maximum absolute atomic E-state index is 13.3. The highest BCUT2D eigenvalue weighted by atomic mass is 32.2. The van der Waals surface area contributed by atoms with Crippen LogP contribution in [-0.4, -0.2) is 38.3 Å². The molecule has 1 aromatic carbocycles. The molecule has 1 heterocycles. The number of hydrogen-bond acceptors (Lipinski definition) is 4. The molecule has 1 aliphatic carbocycles. The van der Waals surface area contributed by atoms with Crippen LogP contribution in [0.3, 0.4) is 0 Å². The van der Waals surface area contributed by atoms with Gasteiger partial charge in [-0.2, -0.15) is 4.31 Å². The van der Waals surface area contributed by atoms with Crippen molar-refractivity contribution in [2.45, 2.75) is 56.4 Å². The largest absolute Gasteiger partial charge is 0.495 e. The van der Waals surface area contributed by atoms with E-state index in [0.29, 0.717) is 23.9 Å². The Labute approximate surface area is 149 Å². The van der Waals surface area contributed by atoms with Crippen LogP contribution < -0.4 is 10.1 Å². The van der Waals surface area contributed by atoms with Gasteiger partial charge in [0.25, 0.3) is 0 Å². The number of hydrogen-bond donors (Lipinski definition) is 1. The lowest BCUT2D eigenvalue weighted by molar-refractivity contribution is -0.114. The van der Waals surface area contributed by atoms with E-state index in [1.165, 1.54) is 26.5 Å². The molecule has 0 aromatic heterocycles. The highest BCUT2D eigenvalue weighted by Crippen LogP contribution is 2.39. The van der Waals surface area contributed by atoms with Gasteiger partial charge in [-0.3, -0.25) is 4.79 Å². The van der Waals surface area contributed by atoms with Gasteiger partial charge < -0.3 is 10.1 Å². The maximum Gasteiger partial charge on any atom is 0.243 e. The van der Waals surface area contributed by atoms with Crippen LogP contribution in [0.1, 0.15) is 45.4 Å². The number of amides is 1. The minimum absolute atomic E-state index is 0.110. The molecule has 1 aromatic rings. The predicted molar refractivity (Wildman–Crippen MR) is 96.2 cm³/mol. The number of nitrogens with zero attached hydrogens (tertiary/aromatic N) is 1. The summed E-state index contributed by atoms with van der Waals surface area (Å²) in [6.45, 7) is 1.96. The van der Waals surface area contributed by atoms with Crippen LogP contribution in [0.25, 0.3) is 0 Å². The van der Waals surface area contributed by atoms with Crippen molar-refractivity contribution in [3.8, 4) is 5.75 Å². The minimum Gasteiger partial charge on any atom is -0.495 e. The molecule has 0 radical (unpaired) electrons. The number of carbonyl (C=O) groups is 1. The summed E-state index contributed by atoms with van der Waals surface area (Å²) in [7, 11) is -2.10. The summed E-state index contributed by atoms with van der Waals surface area (Å²) in [5.74, 6) is 0.659. The molecule has 1 amide bonds. The summed E-state index contributed by atoms with van der Waals surface area (Å²) in [6, 6.07) is 4.77. The molecule has 0 bridgehead atoms. The molecular weight excluding hydrogens is 340 g/mol. The number of fused-ring (bicyclic) bond motifs is 1. The number of ether oxygens (including phenoxy) is 1. The third-order valence-electron chi connectivity index (χ3n) is 5.28. The summed E-state index contributed by atoms with van der Waals surface area (Å²) < 4.78 is 33.4. The van der Waals surface area contributed by atoms with Crippen LogP contribution in [0.15, 0.2) is 23.1 Å². The van der Waals surface area contributed by atoms with Crippen molar-refractivity contribution in [1.29, 1.82) is 0 Å². The SMILES string of the molecule is COc1ccc(S(=O)(=O)N2CCCC3CCCCC32)cc1NC(C)=O. The van der Waals surface area contributed by atoms with Crippen molar-refractivity contribution in [2.75, 3.05) is 19.0 Å². The molecule has 2 atom stereocenters. The Morgan fingerprint density at radius 3 is 2.64 bits per heavy atom. The molecular formula is C18H26N2O4S. The van der Waals surface area contributed by atoms with E-state index in [0.717, 1.165) is 32.1 Å². The van der Waals surface area contributed by atoms with Crippen molar-refractivity contribution in [2.24, 2.45) is 5.92 Å². The maximum atomic E-state index is 13.3. The number of nitrogens with one attached hydrogen (secondary N) is 1. The molecule has 1 saturated carbocycles. The fraction of sp³-hybridized carbons (Fsp3) is 0.611. The van der Waals surface area contributed by atoms with Crippen LogP contribution >= 0.6 is 0 Å². The molecule has 1 saturated heterocycles. The number of methoxy groups -OCH3 is 1. The molecule has 1 N–H and O–H groups in total. The smallest absolute Gasteiger partial charge is 0.243 e. The van der Waals surface area contributed by atoms with Gasteiger partial charge in [0.1, 0.15) is 5.75 Å². The second-order valence-corrected chi connectivity index (χ2v) is 8.80. The normalized spacial score (nSPS) is 24.4. The number of sulfonamides is 1. The minimum atomic E-state index is -3.59. The van der Waals surface area contributed by atoms with Crippen LogP contribution in [0.2, 0.25) is 0 Å². The zero-order chi connectivity index (χ0) is 18.0. The molecule has 7 heteroatoms. The van der Waals surface area contributed by atoms with E-state index in [4.69, 9.17) is 4.74 Å². The van der Waals surface area contributed by atoms with Crippen molar-refractivity contribution in [3.63, 3.8) is 0 Å². The summed E-state index contributed by atoms with van der Waals surface area (Å²) in [5, 5.41) is 2.65. The summed E-state index contributed by atoms with van der Waals surface area (Å²) >= 11 is 0. The predicted octanol–water partition coefficient (Wildman–Crippen LogP) is 3.00. The van der Waals surface area contributed by atoms with Gasteiger partial charge in [0.2, 0.25) is 15.9 Å². The fourth-order valence-electron chi connectivity index (χ4n) is 4.15. The van der Waals surface area contributed by atoms with Crippen molar-refractivity contribution in [3.05, 3.63) is 18.2 Å². The third-order valence-corrected chi connectivity index (χ3v) is 7.20. The number of rotatable bonds is 4. The fourth-order valence-corrected chi connectivity index (χ4v) is 5.93. The lowest BCUT2D eigenvalue weighted by Crippen LogP contribution is -2.49. The van der Waals surface area contributed by atoms with Crippen LogP contribution in [0, 0.1) is 5.92 Å². The van der Waals surface area contributed by atoms with E-state index < -0.39 is 10.0 Å². The summed E-state index contributed by atoms with van der Waals surface area (Å²) in [5.41, 5.74) is 0.383. The van der Waals surface area contributed by atoms with E-state index in [9.17, 15) is 13.2 Å². The van der Waals surface area contributed by atoms with Gasteiger partial charge in [0.05, 0.1) is 17.7 Å². The zero-order valence-corrected chi connectivity index (χ0v) is 15.6. The Morgan fingerprint density at radius 2 is 1.92 bits per heavy atom. The molecule has 138 valence electrons. The van der Waals surface area contributed by atoms with Gasteiger partial charge >= 0.3 is 0 Å². The molecule has 0 spiro atoms. The van der Waals surface area contributed by atoms with Crippen LogP contribution in [0.4, 0.5) is 5.69 Å². The molecule has 1 aliphatic heterocycles. The number of piperidine rings is 1. The quantitative estimate of drug-likeness (QED) is 0.889. The van der Waals surface area contributed by atoms with Crippen molar-refractivity contribution < 1.29 is 17.9 Å². The Morgan fingerprint density at radius 1 is 1.20 bits per heavy atom. The molecule has 2 aliphatic rings. The van der Waals surface area contributed by atoms with Crippen molar-refractivity contribution in [1.82, 2.24) is 4.31 Å². The standard InChI is InChI=1S/C18H26N2O4S/c1-13(21)19-16-12-15(9-10-18(16)24-2)25(22,23)20-11-5-7-14-6-3-4-8-17(14)20/h9-10,12,14,17H,3-8,11H2,1-2H3,(H,19,21). The van der Waals surface area contributed by atoms with Gasteiger partial charge in [-0.1, -0.05) is 12.8 Å². The Balaban J connectivity index is 1.94. The van der Waals surface area contributed by atoms with Gasteiger partial charge in [0, 0.05) is 19.5 Å². The second-order valence-electron chi connectivity index (χ2n) is 6.91. The first kappa shape index (κ1) is 18.2. The van der Waals surface area contributed by atoms with Gasteiger partial charge in [-0.15, -0.1) is 0 Å². The van der Waals surface area contributed by atoms with Gasteiger partial charge in [-0.25, -0.2) is 8.42 Å². The Kier molecular flexibility index (Phi) is 5.34. The number of anilines is 1. The van der Waals surface area contributed by atoms with E-state index in [2.05, 4.69) is 5.32 Å². The van der Waals surface area contributed by atoms with E-state index >= 15 is 0 Å². The van der Waals surface area contributed by atoms with Gasteiger partial charge in [-0.05, 0) is 49.8 Å². The molecule has 25 heavy (non-hydrogen) atoms. The monoisotopic (exact) mass is 366 g/mol. The number of benzene rings is 1. The highest BCUT2D eigenvalue weighted by Gasteiger charge is 2.40. The molecule has 2 unspecified atom stereocenters. The summed E-state index contributed by atoms with van der Waals surface area (Å²) in [6.07, 6.45) is 6.39. The first-order chi connectivity index (χ1) is 11.9. The van der Waals surface area contributed by atoms with Crippen molar-refractivity contribution >= 4 is 21.6 Å². The second kappa shape index (κ2) is 7.33. The Bertz CT molecular complexity index is 745. The summed E-state index contributed by atoms with van der Waals surface area (Å²) in [4.78, 5) is 11.6. The van der Waals surface area contributed by atoms with Gasteiger partial charge in [0.15, 0.2) is 0 Å². The average molecular weight is 366 g/mol. The topological polar surface area (TPSA) is 75.7 Å². The molecule has 3 rings (SSSR count). The van der Waals surface area contributed by atoms with E-state index in [1.54, 1.807) is 16.4 Å². The zero-order valence-electron chi connectivity index (χ0n) is 14.8. The van der Waals surface area contributed by atoms with E-state index in [-0.39, 0.29) is 16.8 Å². The Hall–Kier alpha value is -1.60. The lowest BCUT2D eigenvalue weighted by atomic mass is 9.79. The molecule has 6 nitrogen and oxygen atoms in total. The average Bonchev–Trinajstić information content (AvgIpc) is 2.60. The third kappa shape index (κ3) is 3.67.